The van der Waals surface area contributed by atoms with Gasteiger partial charge in [0.2, 0.25) is 5.91 Å². The van der Waals surface area contributed by atoms with Crippen molar-refractivity contribution in [3.05, 3.63) is 66.0 Å². The lowest BCUT2D eigenvalue weighted by atomic mass is 10.2. The average Bonchev–Trinajstić information content (AvgIpc) is 3.08. The molecule has 0 radical (unpaired) electrons. The van der Waals surface area contributed by atoms with Gasteiger partial charge in [0.05, 0.1) is 6.42 Å². The molecule has 0 spiro atoms. The first kappa shape index (κ1) is 14.7. The third-order valence-corrected chi connectivity index (χ3v) is 3.09. The van der Waals surface area contributed by atoms with Crippen molar-refractivity contribution in [3.63, 3.8) is 0 Å². The van der Waals surface area contributed by atoms with Crippen molar-refractivity contribution in [2.24, 2.45) is 0 Å². The molecule has 0 saturated heterocycles. The summed E-state index contributed by atoms with van der Waals surface area (Å²) in [6.45, 7) is 0.504. The second-order valence-corrected chi connectivity index (χ2v) is 4.85. The van der Waals surface area contributed by atoms with Crippen LogP contribution in [-0.2, 0) is 17.8 Å². The molecule has 0 unspecified atom stereocenters. The normalized spacial score (nSPS) is 10.3. The fraction of sp³-hybridized carbons (Fsp3) is 0.125. The van der Waals surface area contributed by atoms with E-state index in [1.165, 1.54) is 0 Å². The van der Waals surface area contributed by atoms with Crippen molar-refractivity contribution in [1.29, 1.82) is 0 Å². The Morgan fingerprint density at radius 1 is 1.09 bits per heavy atom. The molecule has 116 valence electrons. The number of ether oxygens (including phenoxy) is 1. The van der Waals surface area contributed by atoms with E-state index in [9.17, 15) is 4.79 Å². The molecule has 1 amide bonds. The number of benzene rings is 2. The third-order valence-electron chi connectivity index (χ3n) is 3.09. The van der Waals surface area contributed by atoms with E-state index in [2.05, 4.69) is 25.9 Å². The predicted molar refractivity (Wildman–Crippen MR) is 83.7 cm³/mol. The molecule has 1 aromatic heterocycles. The first-order chi connectivity index (χ1) is 11.3. The van der Waals surface area contributed by atoms with Crippen LogP contribution < -0.4 is 10.1 Å². The zero-order chi connectivity index (χ0) is 15.9. The average molecular weight is 309 g/mol. The number of carbonyl (C=O) groups excluding carboxylic acids is 1. The topological polar surface area (TPSA) is 92.8 Å². The summed E-state index contributed by atoms with van der Waals surface area (Å²) in [5.41, 5.74) is 1.79. The molecule has 3 rings (SSSR count). The molecule has 0 aliphatic heterocycles. The van der Waals surface area contributed by atoms with Crippen molar-refractivity contribution in [2.45, 2.75) is 13.0 Å². The van der Waals surface area contributed by atoms with E-state index in [-0.39, 0.29) is 12.3 Å². The predicted octanol–water partition coefficient (Wildman–Crippen LogP) is 1.96. The van der Waals surface area contributed by atoms with Crippen LogP contribution >= 0.6 is 0 Å². The highest BCUT2D eigenvalue weighted by atomic mass is 16.5. The van der Waals surface area contributed by atoms with Gasteiger partial charge in [-0.2, -0.15) is 5.21 Å². The largest absolute Gasteiger partial charge is 0.489 e. The molecule has 0 saturated carbocycles. The molecular formula is C16H15N5O2. The van der Waals surface area contributed by atoms with Crippen LogP contribution in [0.2, 0.25) is 0 Å². The van der Waals surface area contributed by atoms with E-state index in [1.807, 2.05) is 42.5 Å². The van der Waals surface area contributed by atoms with Crippen molar-refractivity contribution in [1.82, 2.24) is 20.6 Å². The molecule has 0 fully saturated rings. The van der Waals surface area contributed by atoms with E-state index >= 15 is 0 Å². The Morgan fingerprint density at radius 3 is 2.57 bits per heavy atom. The molecular weight excluding hydrogens is 294 g/mol. The minimum Gasteiger partial charge on any atom is -0.489 e. The first-order valence-corrected chi connectivity index (χ1v) is 7.08. The Hall–Kier alpha value is -3.22. The minimum atomic E-state index is -0.204. The van der Waals surface area contributed by atoms with Crippen LogP contribution in [0.25, 0.3) is 0 Å². The van der Waals surface area contributed by atoms with Gasteiger partial charge in [0.25, 0.3) is 0 Å². The summed E-state index contributed by atoms with van der Waals surface area (Å²) in [5.74, 6) is 0.889. The maximum atomic E-state index is 11.8. The molecule has 0 bridgehead atoms. The van der Waals surface area contributed by atoms with Gasteiger partial charge in [-0.1, -0.05) is 35.5 Å². The quantitative estimate of drug-likeness (QED) is 0.726. The van der Waals surface area contributed by atoms with Crippen LogP contribution in [0.15, 0.2) is 54.6 Å². The molecule has 2 N–H and O–H groups in total. The number of amides is 1. The van der Waals surface area contributed by atoms with E-state index in [0.717, 1.165) is 11.3 Å². The second kappa shape index (κ2) is 7.17. The van der Waals surface area contributed by atoms with Crippen LogP contribution in [0.3, 0.4) is 0 Å². The fourth-order valence-corrected chi connectivity index (χ4v) is 1.98. The number of carbonyl (C=O) groups is 1. The highest BCUT2D eigenvalue weighted by molar-refractivity contribution is 5.91. The van der Waals surface area contributed by atoms with Gasteiger partial charge in [0.1, 0.15) is 12.4 Å². The number of rotatable bonds is 6. The maximum Gasteiger partial charge on any atom is 0.232 e. The van der Waals surface area contributed by atoms with Gasteiger partial charge in [0, 0.05) is 5.69 Å². The monoisotopic (exact) mass is 309 g/mol. The number of nitrogens with one attached hydrogen (secondary N) is 2. The Labute approximate surface area is 132 Å². The highest BCUT2D eigenvalue weighted by Gasteiger charge is 2.07. The molecule has 7 nitrogen and oxygen atoms in total. The van der Waals surface area contributed by atoms with Crippen LogP contribution in [0.1, 0.15) is 11.4 Å². The Bertz CT molecular complexity index is 742. The Morgan fingerprint density at radius 2 is 1.87 bits per heavy atom. The Balaban J connectivity index is 1.51. The van der Waals surface area contributed by atoms with Crippen LogP contribution in [0.4, 0.5) is 5.69 Å². The number of nitrogens with zero attached hydrogens (tertiary/aromatic N) is 3. The van der Waals surface area contributed by atoms with Gasteiger partial charge in [-0.3, -0.25) is 4.79 Å². The van der Waals surface area contributed by atoms with Crippen LogP contribution in [0, 0.1) is 0 Å². The van der Waals surface area contributed by atoms with Gasteiger partial charge in [-0.15, -0.1) is 10.2 Å². The van der Waals surface area contributed by atoms with E-state index in [0.29, 0.717) is 18.1 Å². The lowest BCUT2D eigenvalue weighted by Crippen LogP contribution is -2.15. The zero-order valence-corrected chi connectivity index (χ0v) is 12.3. The SMILES string of the molecule is O=C(Cc1nn[nH]n1)Nc1ccc(OCc2ccccc2)cc1. The van der Waals surface area contributed by atoms with Crippen molar-refractivity contribution in [2.75, 3.05) is 5.32 Å². The summed E-state index contributed by atoms with van der Waals surface area (Å²) in [7, 11) is 0. The molecule has 3 aromatic rings. The standard InChI is InChI=1S/C16H15N5O2/c22-16(10-15-18-20-21-19-15)17-13-6-8-14(9-7-13)23-11-12-4-2-1-3-5-12/h1-9H,10-11H2,(H,17,22)(H,18,19,20,21). The van der Waals surface area contributed by atoms with Gasteiger partial charge in [0.15, 0.2) is 5.82 Å². The number of tetrazole rings is 1. The minimum absolute atomic E-state index is 0.0722. The summed E-state index contributed by atoms with van der Waals surface area (Å²) in [5, 5.41) is 16.0. The number of aromatic amines is 1. The zero-order valence-electron chi connectivity index (χ0n) is 12.3. The van der Waals surface area contributed by atoms with Gasteiger partial charge in [-0.25, -0.2) is 0 Å². The second-order valence-electron chi connectivity index (χ2n) is 4.85. The number of hydrogen-bond donors (Lipinski definition) is 2. The summed E-state index contributed by atoms with van der Waals surface area (Å²) in [4.78, 5) is 11.8. The maximum absolute atomic E-state index is 11.8. The molecule has 7 heteroatoms. The van der Waals surface area contributed by atoms with Gasteiger partial charge < -0.3 is 10.1 Å². The Kier molecular flexibility index (Phi) is 4.58. The van der Waals surface area contributed by atoms with Gasteiger partial charge >= 0.3 is 0 Å². The van der Waals surface area contributed by atoms with Crippen LogP contribution in [0.5, 0.6) is 5.75 Å². The molecule has 0 aliphatic rings. The van der Waals surface area contributed by atoms with E-state index in [1.54, 1.807) is 12.1 Å². The molecule has 0 atom stereocenters. The molecule has 2 aromatic carbocycles. The lowest BCUT2D eigenvalue weighted by Gasteiger charge is -2.08. The molecule has 1 heterocycles. The molecule has 23 heavy (non-hydrogen) atoms. The fourth-order valence-electron chi connectivity index (χ4n) is 1.98. The van der Waals surface area contributed by atoms with E-state index in [4.69, 9.17) is 4.74 Å². The summed E-state index contributed by atoms with van der Waals surface area (Å²) < 4.78 is 5.69. The number of aromatic nitrogens is 4. The highest BCUT2D eigenvalue weighted by Crippen LogP contribution is 2.17. The lowest BCUT2D eigenvalue weighted by molar-refractivity contribution is -0.115. The van der Waals surface area contributed by atoms with E-state index < -0.39 is 0 Å². The van der Waals surface area contributed by atoms with Crippen molar-refractivity contribution in [3.8, 4) is 5.75 Å². The number of H-pyrrole nitrogens is 1. The summed E-state index contributed by atoms with van der Waals surface area (Å²) in [6.07, 6.45) is 0.0722. The number of hydrogen-bond acceptors (Lipinski definition) is 5. The first-order valence-electron chi connectivity index (χ1n) is 7.08. The summed E-state index contributed by atoms with van der Waals surface area (Å²) in [6, 6.07) is 17.1. The number of anilines is 1. The van der Waals surface area contributed by atoms with Gasteiger partial charge in [-0.05, 0) is 29.8 Å². The van der Waals surface area contributed by atoms with Crippen LogP contribution in [-0.4, -0.2) is 26.5 Å². The third kappa shape index (κ3) is 4.37. The van der Waals surface area contributed by atoms with Crippen molar-refractivity contribution < 1.29 is 9.53 Å². The molecule has 0 aliphatic carbocycles. The summed E-state index contributed by atoms with van der Waals surface area (Å²) >= 11 is 0. The smallest absolute Gasteiger partial charge is 0.232 e. The van der Waals surface area contributed by atoms with Crippen molar-refractivity contribution >= 4 is 11.6 Å².